The quantitative estimate of drug-likeness (QED) is 0.865. The zero-order valence-electron chi connectivity index (χ0n) is 13.9. The number of carbonyl (C=O) groups is 1. The molecule has 2 aliphatic heterocycles. The standard InChI is InChI=1S/C18H27N3O2/c1-20-11-8-17(22)15(13-20)18(23)19-9-12-21-10-4-6-14-5-2-3-7-16(14)21/h2-3,5,7,15,17,22H,4,6,8-13H2,1H3,(H,19,23)/t15-,17+/m1/s1. The van der Waals surface area contributed by atoms with E-state index in [1.165, 1.54) is 11.3 Å². The molecule has 2 aliphatic rings. The third-order valence-corrected chi connectivity index (χ3v) is 5.00. The summed E-state index contributed by atoms with van der Waals surface area (Å²) in [6.07, 6.45) is 2.46. The number of anilines is 1. The van der Waals surface area contributed by atoms with E-state index in [2.05, 4.69) is 39.4 Å². The Hall–Kier alpha value is -1.59. The third-order valence-electron chi connectivity index (χ3n) is 5.00. The van der Waals surface area contributed by atoms with Gasteiger partial charge in [0.25, 0.3) is 0 Å². The summed E-state index contributed by atoms with van der Waals surface area (Å²) >= 11 is 0. The summed E-state index contributed by atoms with van der Waals surface area (Å²) in [6, 6.07) is 8.51. The molecule has 0 aliphatic carbocycles. The first-order valence-electron chi connectivity index (χ1n) is 8.62. The van der Waals surface area contributed by atoms with Crippen molar-refractivity contribution in [2.75, 3.05) is 44.7 Å². The van der Waals surface area contributed by atoms with E-state index in [0.29, 0.717) is 19.5 Å². The molecule has 23 heavy (non-hydrogen) atoms. The van der Waals surface area contributed by atoms with Crippen LogP contribution in [0.15, 0.2) is 24.3 Å². The fourth-order valence-corrected chi connectivity index (χ4v) is 3.65. The highest BCUT2D eigenvalue weighted by Gasteiger charge is 2.31. The van der Waals surface area contributed by atoms with Crippen LogP contribution in [0.5, 0.6) is 0 Å². The van der Waals surface area contributed by atoms with Gasteiger partial charge in [0.2, 0.25) is 5.91 Å². The van der Waals surface area contributed by atoms with E-state index >= 15 is 0 Å². The maximum absolute atomic E-state index is 12.3. The smallest absolute Gasteiger partial charge is 0.227 e. The highest BCUT2D eigenvalue weighted by Crippen LogP contribution is 2.26. The van der Waals surface area contributed by atoms with Crippen LogP contribution in [0.3, 0.4) is 0 Å². The molecule has 126 valence electrons. The van der Waals surface area contributed by atoms with Gasteiger partial charge in [-0.1, -0.05) is 18.2 Å². The van der Waals surface area contributed by atoms with Gasteiger partial charge in [0, 0.05) is 38.4 Å². The second-order valence-corrected chi connectivity index (χ2v) is 6.74. The number of rotatable bonds is 4. The molecule has 0 unspecified atom stereocenters. The number of nitrogens with zero attached hydrogens (tertiary/aromatic N) is 2. The number of aliphatic hydroxyl groups is 1. The van der Waals surface area contributed by atoms with Crippen molar-refractivity contribution >= 4 is 11.6 Å². The zero-order valence-corrected chi connectivity index (χ0v) is 13.9. The normalized spacial score (nSPS) is 25.0. The third kappa shape index (κ3) is 3.85. The maximum atomic E-state index is 12.3. The molecule has 5 nitrogen and oxygen atoms in total. The average molecular weight is 317 g/mol. The molecule has 1 saturated heterocycles. The molecule has 0 aromatic heterocycles. The number of nitrogens with one attached hydrogen (secondary N) is 1. The predicted molar refractivity (Wildman–Crippen MR) is 91.6 cm³/mol. The lowest BCUT2D eigenvalue weighted by Gasteiger charge is -2.34. The molecule has 0 saturated carbocycles. The summed E-state index contributed by atoms with van der Waals surface area (Å²) in [6.45, 7) is 3.98. The number of carbonyl (C=O) groups excluding carboxylic acids is 1. The van der Waals surface area contributed by atoms with Crippen LogP contribution in [-0.4, -0.2) is 61.8 Å². The number of likely N-dealkylation sites (tertiary alicyclic amines) is 1. The van der Waals surface area contributed by atoms with Gasteiger partial charge in [0.05, 0.1) is 12.0 Å². The highest BCUT2D eigenvalue weighted by atomic mass is 16.3. The molecular weight excluding hydrogens is 290 g/mol. The second kappa shape index (κ2) is 7.32. The van der Waals surface area contributed by atoms with E-state index < -0.39 is 6.10 Å². The van der Waals surface area contributed by atoms with Crippen molar-refractivity contribution in [3.8, 4) is 0 Å². The van der Waals surface area contributed by atoms with E-state index in [0.717, 1.165) is 32.5 Å². The SMILES string of the molecule is CN1CC[C@H](O)[C@H](C(=O)NCCN2CCCc3ccccc32)C1. The van der Waals surface area contributed by atoms with Crippen LogP contribution in [0.25, 0.3) is 0 Å². The van der Waals surface area contributed by atoms with E-state index in [4.69, 9.17) is 0 Å². The number of hydrogen-bond acceptors (Lipinski definition) is 4. The van der Waals surface area contributed by atoms with Crippen molar-refractivity contribution in [1.82, 2.24) is 10.2 Å². The Balaban J connectivity index is 1.51. The number of hydrogen-bond donors (Lipinski definition) is 2. The second-order valence-electron chi connectivity index (χ2n) is 6.74. The van der Waals surface area contributed by atoms with Gasteiger partial charge < -0.3 is 20.2 Å². The molecule has 2 heterocycles. The summed E-state index contributed by atoms with van der Waals surface area (Å²) in [5.41, 5.74) is 2.69. The molecule has 1 amide bonds. The van der Waals surface area contributed by atoms with Gasteiger partial charge in [0.15, 0.2) is 0 Å². The summed E-state index contributed by atoms with van der Waals surface area (Å²) < 4.78 is 0. The van der Waals surface area contributed by atoms with E-state index in [-0.39, 0.29) is 11.8 Å². The van der Waals surface area contributed by atoms with Gasteiger partial charge in [-0.25, -0.2) is 0 Å². The minimum absolute atomic E-state index is 0.0191. The molecule has 2 atom stereocenters. The largest absolute Gasteiger partial charge is 0.392 e. The molecule has 1 aromatic carbocycles. The van der Waals surface area contributed by atoms with Crippen molar-refractivity contribution in [1.29, 1.82) is 0 Å². The fraction of sp³-hybridized carbons (Fsp3) is 0.611. The number of benzene rings is 1. The van der Waals surface area contributed by atoms with Gasteiger partial charge >= 0.3 is 0 Å². The Bertz CT molecular complexity index is 549. The van der Waals surface area contributed by atoms with Crippen molar-refractivity contribution < 1.29 is 9.90 Å². The summed E-state index contributed by atoms with van der Waals surface area (Å²) in [4.78, 5) is 16.8. The number of para-hydroxylation sites is 1. The predicted octanol–water partition coefficient (Wildman–Crippen LogP) is 0.868. The van der Waals surface area contributed by atoms with Gasteiger partial charge in [-0.15, -0.1) is 0 Å². The number of piperidine rings is 1. The van der Waals surface area contributed by atoms with E-state index in [9.17, 15) is 9.90 Å². The Morgan fingerprint density at radius 3 is 3.04 bits per heavy atom. The molecular formula is C18H27N3O2. The van der Waals surface area contributed by atoms with Crippen LogP contribution in [0.4, 0.5) is 5.69 Å². The van der Waals surface area contributed by atoms with Crippen LogP contribution < -0.4 is 10.2 Å². The van der Waals surface area contributed by atoms with Crippen molar-refractivity contribution in [2.24, 2.45) is 5.92 Å². The lowest BCUT2D eigenvalue weighted by Crippen LogP contribution is -2.49. The van der Waals surface area contributed by atoms with E-state index in [1.807, 2.05) is 7.05 Å². The van der Waals surface area contributed by atoms with Crippen LogP contribution in [0.1, 0.15) is 18.4 Å². The molecule has 0 bridgehead atoms. The molecule has 3 rings (SSSR count). The molecule has 1 aromatic rings. The number of amides is 1. The molecule has 5 heteroatoms. The Morgan fingerprint density at radius 2 is 2.17 bits per heavy atom. The number of fused-ring (bicyclic) bond motifs is 1. The van der Waals surface area contributed by atoms with Crippen LogP contribution >= 0.6 is 0 Å². The molecule has 2 N–H and O–H groups in total. The van der Waals surface area contributed by atoms with Crippen LogP contribution in [0, 0.1) is 5.92 Å². The van der Waals surface area contributed by atoms with Gasteiger partial charge in [-0.2, -0.15) is 0 Å². The maximum Gasteiger partial charge on any atom is 0.227 e. The van der Waals surface area contributed by atoms with Gasteiger partial charge in [-0.3, -0.25) is 4.79 Å². The molecule has 0 radical (unpaired) electrons. The first-order valence-corrected chi connectivity index (χ1v) is 8.62. The topological polar surface area (TPSA) is 55.8 Å². The van der Waals surface area contributed by atoms with Crippen LogP contribution in [-0.2, 0) is 11.2 Å². The molecule has 0 spiro atoms. The summed E-state index contributed by atoms with van der Waals surface area (Å²) in [5.74, 6) is -0.322. The molecule has 1 fully saturated rings. The van der Waals surface area contributed by atoms with Gasteiger partial charge in [0.1, 0.15) is 0 Å². The Labute approximate surface area is 138 Å². The van der Waals surface area contributed by atoms with Crippen molar-refractivity contribution in [3.63, 3.8) is 0 Å². The summed E-state index contributed by atoms with van der Waals surface area (Å²) in [7, 11) is 2.00. The first kappa shape index (κ1) is 16.3. The first-order chi connectivity index (χ1) is 11.1. The van der Waals surface area contributed by atoms with Crippen molar-refractivity contribution in [2.45, 2.75) is 25.4 Å². The highest BCUT2D eigenvalue weighted by molar-refractivity contribution is 5.79. The number of aliphatic hydroxyl groups excluding tert-OH is 1. The van der Waals surface area contributed by atoms with Crippen LogP contribution in [0.2, 0.25) is 0 Å². The Morgan fingerprint density at radius 1 is 1.35 bits per heavy atom. The lowest BCUT2D eigenvalue weighted by molar-refractivity contribution is -0.131. The van der Waals surface area contributed by atoms with Gasteiger partial charge in [-0.05, 0) is 37.9 Å². The lowest BCUT2D eigenvalue weighted by atomic mass is 9.94. The van der Waals surface area contributed by atoms with Crippen molar-refractivity contribution in [3.05, 3.63) is 29.8 Å². The fourth-order valence-electron chi connectivity index (χ4n) is 3.65. The number of aryl methyl sites for hydroxylation is 1. The minimum atomic E-state index is -0.512. The average Bonchev–Trinajstić information content (AvgIpc) is 2.57. The zero-order chi connectivity index (χ0) is 16.2. The monoisotopic (exact) mass is 317 g/mol. The van der Waals surface area contributed by atoms with E-state index in [1.54, 1.807) is 0 Å². The minimum Gasteiger partial charge on any atom is -0.392 e. The summed E-state index contributed by atoms with van der Waals surface area (Å²) in [5, 5.41) is 13.1. The Kier molecular flexibility index (Phi) is 5.18.